The fourth-order valence-corrected chi connectivity index (χ4v) is 1.87. The molecule has 1 unspecified atom stereocenters. The number of carbonyl (C=O) groups is 2. The zero-order valence-electron chi connectivity index (χ0n) is 11.3. The highest BCUT2D eigenvalue weighted by molar-refractivity contribution is 6.39. The van der Waals surface area contributed by atoms with Crippen molar-refractivity contribution in [3.8, 4) is 0 Å². The Morgan fingerprint density at radius 2 is 2.21 bits per heavy atom. The summed E-state index contributed by atoms with van der Waals surface area (Å²) in [4.78, 5) is 23.3. The summed E-state index contributed by atoms with van der Waals surface area (Å²) in [5, 5.41) is 7.99. The standard InChI is InChI=1S/C13H17N3O3/c1-8-4-6-11(19-8)9(2)14-13(18)10-5-7-12(17)16(3)15-10/h4,6,9H,5,7H2,1-3H3,(H,14,18). The average molecular weight is 263 g/mol. The van der Waals surface area contributed by atoms with Crippen LogP contribution < -0.4 is 5.32 Å². The lowest BCUT2D eigenvalue weighted by molar-refractivity contribution is -0.130. The molecule has 1 aliphatic heterocycles. The monoisotopic (exact) mass is 263 g/mol. The molecule has 102 valence electrons. The lowest BCUT2D eigenvalue weighted by Gasteiger charge is -2.20. The second kappa shape index (κ2) is 5.26. The lowest BCUT2D eigenvalue weighted by Crippen LogP contribution is -2.38. The summed E-state index contributed by atoms with van der Waals surface area (Å²) in [5.41, 5.74) is 0.372. The van der Waals surface area contributed by atoms with E-state index in [-0.39, 0.29) is 17.9 Å². The van der Waals surface area contributed by atoms with E-state index < -0.39 is 0 Å². The Balaban J connectivity index is 2.01. The van der Waals surface area contributed by atoms with E-state index in [4.69, 9.17) is 4.42 Å². The second-order valence-corrected chi connectivity index (χ2v) is 4.61. The maximum atomic E-state index is 12.0. The molecule has 1 atom stereocenters. The fourth-order valence-electron chi connectivity index (χ4n) is 1.87. The number of furan rings is 1. The van der Waals surface area contributed by atoms with Crippen molar-refractivity contribution in [1.29, 1.82) is 0 Å². The number of aryl methyl sites for hydroxylation is 1. The van der Waals surface area contributed by atoms with Crippen molar-refractivity contribution in [2.75, 3.05) is 7.05 Å². The predicted molar refractivity (Wildman–Crippen MR) is 69.4 cm³/mol. The molecule has 0 bridgehead atoms. The summed E-state index contributed by atoms with van der Waals surface area (Å²) in [6.07, 6.45) is 0.690. The zero-order valence-corrected chi connectivity index (χ0v) is 11.3. The Morgan fingerprint density at radius 3 is 2.79 bits per heavy atom. The number of nitrogens with one attached hydrogen (secondary N) is 1. The third-order valence-corrected chi connectivity index (χ3v) is 3.00. The Hall–Kier alpha value is -2.11. The molecular weight excluding hydrogens is 246 g/mol. The van der Waals surface area contributed by atoms with Crippen LogP contribution in [0.5, 0.6) is 0 Å². The highest BCUT2D eigenvalue weighted by Gasteiger charge is 2.23. The molecule has 2 rings (SSSR count). The van der Waals surface area contributed by atoms with Crippen molar-refractivity contribution in [2.45, 2.75) is 32.7 Å². The Labute approximate surface area is 111 Å². The molecule has 19 heavy (non-hydrogen) atoms. The first kappa shape index (κ1) is 13.3. The molecule has 1 N–H and O–H groups in total. The molecule has 0 spiro atoms. The zero-order chi connectivity index (χ0) is 14.0. The highest BCUT2D eigenvalue weighted by Crippen LogP contribution is 2.16. The largest absolute Gasteiger partial charge is 0.464 e. The smallest absolute Gasteiger partial charge is 0.268 e. The highest BCUT2D eigenvalue weighted by atomic mass is 16.3. The van der Waals surface area contributed by atoms with Crippen molar-refractivity contribution in [1.82, 2.24) is 10.3 Å². The van der Waals surface area contributed by atoms with Gasteiger partial charge in [0.1, 0.15) is 17.2 Å². The van der Waals surface area contributed by atoms with Gasteiger partial charge in [0.2, 0.25) is 5.91 Å². The van der Waals surface area contributed by atoms with Crippen LogP contribution >= 0.6 is 0 Å². The lowest BCUT2D eigenvalue weighted by atomic mass is 10.1. The van der Waals surface area contributed by atoms with E-state index in [9.17, 15) is 9.59 Å². The summed E-state index contributed by atoms with van der Waals surface area (Å²) >= 11 is 0. The van der Waals surface area contributed by atoms with Crippen molar-refractivity contribution in [3.05, 3.63) is 23.7 Å². The summed E-state index contributed by atoms with van der Waals surface area (Å²) < 4.78 is 5.45. The van der Waals surface area contributed by atoms with Gasteiger partial charge in [-0.2, -0.15) is 5.10 Å². The fraction of sp³-hybridized carbons (Fsp3) is 0.462. The maximum Gasteiger partial charge on any atom is 0.268 e. The summed E-state index contributed by atoms with van der Waals surface area (Å²) in [7, 11) is 1.55. The first-order valence-electron chi connectivity index (χ1n) is 6.18. The molecule has 6 heteroatoms. The molecule has 2 amide bonds. The van der Waals surface area contributed by atoms with Gasteiger partial charge in [-0.05, 0) is 26.0 Å². The number of hydrogen-bond acceptors (Lipinski definition) is 4. The Kier molecular flexibility index (Phi) is 3.69. The van der Waals surface area contributed by atoms with Crippen molar-refractivity contribution in [3.63, 3.8) is 0 Å². The molecule has 2 heterocycles. The van der Waals surface area contributed by atoms with Crippen LogP contribution in [0.1, 0.15) is 37.3 Å². The molecule has 1 aliphatic rings. The summed E-state index contributed by atoms with van der Waals surface area (Å²) in [6, 6.07) is 3.45. The summed E-state index contributed by atoms with van der Waals surface area (Å²) in [5.74, 6) is 1.16. The normalized spacial score (nSPS) is 17.1. The number of rotatable bonds is 3. The van der Waals surface area contributed by atoms with E-state index >= 15 is 0 Å². The molecule has 1 aromatic heterocycles. The van der Waals surface area contributed by atoms with Crippen molar-refractivity contribution in [2.24, 2.45) is 5.10 Å². The number of nitrogens with zero attached hydrogens (tertiary/aromatic N) is 2. The van der Waals surface area contributed by atoms with Gasteiger partial charge in [-0.3, -0.25) is 9.59 Å². The Morgan fingerprint density at radius 1 is 1.47 bits per heavy atom. The third-order valence-electron chi connectivity index (χ3n) is 3.00. The van der Waals surface area contributed by atoms with Gasteiger partial charge in [-0.25, -0.2) is 5.01 Å². The van der Waals surface area contributed by atoms with Crippen LogP contribution in [0.3, 0.4) is 0 Å². The average Bonchev–Trinajstić information content (AvgIpc) is 2.79. The van der Waals surface area contributed by atoms with Gasteiger partial charge in [0.15, 0.2) is 0 Å². The first-order chi connectivity index (χ1) is 8.97. The van der Waals surface area contributed by atoms with E-state index in [0.717, 1.165) is 5.76 Å². The van der Waals surface area contributed by atoms with Gasteiger partial charge in [0, 0.05) is 19.9 Å². The minimum Gasteiger partial charge on any atom is -0.464 e. The molecule has 0 aliphatic carbocycles. The number of carbonyl (C=O) groups excluding carboxylic acids is 2. The van der Waals surface area contributed by atoms with Crippen LogP contribution in [0.4, 0.5) is 0 Å². The molecule has 0 radical (unpaired) electrons. The van der Waals surface area contributed by atoms with Gasteiger partial charge in [0.25, 0.3) is 5.91 Å². The molecule has 0 saturated heterocycles. The van der Waals surface area contributed by atoms with Crippen molar-refractivity contribution >= 4 is 17.5 Å². The summed E-state index contributed by atoms with van der Waals surface area (Å²) in [6.45, 7) is 3.69. The minimum atomic E-state index is -0.263. The first-order valence-corrected chi connectivity index (χ1v) is 6.18. The molecule has 0 aromatic carbocycles. The van der Waals surface area contributed by atoms with E-state index in [1.807, 2.05) is 26.0 Å². The number of hydrogen-bond donors (Lipinski definition) is 1. The topological polar surface area (TPSA) is 74.9 Å². The SMILES string of the molecule is Cc1ccc(C(C)NC(=O)C2=NN(C)C(=O)CC2)o1. The van der Waals surface area contributed by atoms with E-state index in [2.05, 4.69) is 10.4 Å². The molecule has 6 nitrogen and oxygen atoms in total. The molecule has 1 aromatic rings. The predicted octanol–water partition coefficient (Wildman–Crippen LogP) is 1.37. The number of amides is 2. The van der Waals surface area contributed by atoms with Crippen LogP contribution in [-0.2, 0) is 9.59 Å². The van der Waals surface area contributed by atoms with Crippen LogP contribution in [0.15, 0.2) is 21.7 Å². The number of hydrazone groups is 1. The third kappa shape index (κ3) is 3.01. The Bertz CT molecular complexity index is 533. The van der Waals surface area contributed by atoms with E-state index in [1.54, 1.807) is 7.05 Å². The van der Waals surface area contributed by atoms with Gasteiger partial charge < -0.3 is 9.73 Å². The molecule has 0 saturated carbocycles. The quantitative estimate of drug-likeness (QED) is 0.895. The van der Waals surface area contributed by atoms with Crippen LogP contribution in [0.2, 0.25) is 0 Å². The minimum absolute atomic E-state index is 0.0775. The van der Waals surface area contributed by atoms with Gasteiger partial charge in [0.05, 0.1) is 6.04 Å². The van der Waals surface area contributed by atoms with Crippen molar-refractivity contribution < 1.29 is 14.0 Å². The van der Waals surface area contributed by atoms with Crippen LogP contribution in [0, 0.1) is 6.92 Å². The van der Waals surface area contributed by atoms with Crippen LogP contribution in [-0.4, -0.2) is 29.6 Å². The molecular formula is C13H17N3O3. The van der Waals surface area contributed by atoms with Crippen LogP contribution in [0.25, 0.3) is 0 Å². The van der Waals surface area contributed by atoms with Gasteiger partial charge >= 0.3 is 0 Å². The molecule has 0 fully saturated rings. The van der Waals surface area contributed by atoms with E-state index in [1.165, 1.54) is 5.01 Å². The van der Waals surface area contributed by atoms with Gasteiger partial charge in [-0.1, -0.05) is 0 Å². The van der Waals surface area contributed by atoms with E-state index in [0.29, 0.717) is 24.3 Å². The second-order valence-electron chi connectivity index (χ2n) is 4.61. The van der Waals surface area contributed by atoms with Gasteiger partial charge in [-0.15, -0.1) is 0 Å². The maximum absolute atomic E-state index is 12.0.